The third kappa shape index (κ3) is 3.52. The molecule has 3 nitrogen and oxygen atoms in total. The maximum Gasteiger partial charge on any atom is 0.228 e. The fourth-order valence-electron chi connectivity index (χ4n) is 2.66. The summed E-state index contributed by atoms with van der Waals surface area (Å²) in [6.07, 6.45) is 1.40. The van der Waals surface area contributed by atoms with Crippen molar-refractivity contribution in [1.82, 2.24) is 5.32 Å². The van der Waals surface area contributed by atoms with Crippen molar-refractivity contribution in [3.8, 4) is 0 Å². The van der Waals surface area contributed by atoms with Gasteiger partial charge in [-0.1, -0.05) is 40.2 Å². The Morgan fingerprint density at radius 3 is 2.95 bits per heavy atom. The molecule has 0 unspecified atom stereocenters. The van der Waals surface area contributed by atoms with Crippen molar-refractivity contribution in [2.75, 3.05) is 11.9 Å². The van der Waals surface area contributed by atoms with Gasteiger partial charge in [-0.3, -0.25) is 4.79 Å². The van der Waals surface area contributed by atoms with Gasteiger partial charge in [0.25, 0.3) is 0 Å². The molecule has 3 rings (SSSR count). The summed E-state index contributed by atoms with van der Waals surface area (Å²) in [4.78, 5) is 12.2. The molecule has 0 saturated carbocycles. The van der Waals surface area contributed by atoms with E-state index in [9.17, 15) is 4.79 Å². The van der Waals surface area contributed by atoms with Crippen molar-refractivity contribution in [3.63, 3.8) is 0 Å². The number of nitrogens with one attached hydrogen (secondary N) is 2. The predicted octanol–water partition coefficient (Wildman–Crippen LogP) is 3.28. The van der Waals surface area contributed by atoms with Gasteiger partial charge < -0.3 is 10.6 Å². The van der Waals surface area contributed by atoms with Gasteiger partial charge in [0.2, 0.25) is 5.91 Å². The Balaban J connectivity index is 1.73. The summed E-state index contributed by atoms with van der Waals surface area (Å²) in [7, 11) is 0. The Morgan fingerprint density at radius 2 is 2.10 bits per heavy atom. The second-order valence-electron chi connectivity index (χ2n) is 5.22. The maximum absolute atomic E-state index is 12.2. The third-order valence-electron chi connectivity index (χ3n) is 3.67. The van der Waals surface area contributed by atoms with Crippen LogP contribution in [-0.2, 0) is 24.2 Å². The van der Waals surface area contributed by atoms with E-state index in [-0.39, 0.29) is 5.91 Å². The summed E-state index contributed by atoms with van der Waals surface area (Å²) in [5.41, 5.74) is 4.48. The predicted molar refractivity (Wildman–Crippen MR) is 88.3 cm³/mol. The Labute approximate surface area is 132 Å². The zero-order chi connectivity index (χ0) is 14.7. The Hall–Kier alpha value is -1.65. The lowest BCUT2D eigenvalue weighted by Gasteiger charge is -2.20. The van der Waals surface area contributed by atoms with Crippen molar-refractivity contribution in [2.24, 2.45) is 0 Å². The van der Waals surface area contributed by atoms with Crippen molar-refractivity contribution < 1.29 is 4.79 Å². The number of benzene rings is 2. The first kappa shape index (κ1) is 14.3. The van der Waals surface area contributed by atoms with Crippen LogP contribution in [0, 0.1) is 0 Å². The molecule has 2 N–H and O–H groups in total. The van der Waals surface area contributed by atoms with E-state index in [1.54, 1.807) is 0 Å². The molecule has 0 radical (unpaired) electrons. The van der Waals surface area contributed by atoms with Gasteiger partial charge in [0.1, 0.15) is 0 Å². The molecule has 1 heterocycles. The summed E-state index contributed by atoms with van der Waals surface area (Å²) in [5.74, 6) is 0.0204. The van der Waals surface area contributed by atoms with E-state index >= 15 is 0 Å². The largest absolute Gasteiger partial charge is 0.325 e. The second kappa shape index (κ2) is 6.41. The average molecular weight is 345 g/mol. The highest BCUT2D eigenvalue weighted by Crippen LogP contribution is 2.23. The van der Waals surface area contributed by atoms with Gasteiger partial charge in [0.05, 0.1) is 6.42 Å². The highest BCUT2D eigenvalue weighted by Gasteiger charge is 2.14. The smallest absolute Gasteiger partial charge is 0.228 e. The molecular weight excluding hydrogens is 328 g/mol. The number of hydrogen-bond donors (Lipinski definition) is 2. The van der Waals surface area contributed by atoms with Gasteiger partial charge in [0, 0.05) is 16.7 Å². The summed E-state index contributed by atoms with van der Waals surface area (Å²) in [6, 6.07) is 14.0. The number of anilines is 1. The highest BCUT2D eigenvalue weighted by molar-refractivity contribution is 9.10. The molecule has 0 bridgehead atoms. The maximum atomic E-state index is 12.2. The van der Waals surface area contributed by atoms with Crippen LogP contribution in [0.5, 0.6) is 0 Å². The van der Waals surface area contributed by atoms with Gasteiger partial charge in [-0.25, -0.2) is 0 Å². The molecule has 1 aliphatic heterocycles. The number of rotatable bonds is 3. The molecule has 0 saturated heterocycles. The van der Waals surface area contributed by atoms with E-state index in [0.29, 0.717) is 6.42 Å². The molecule has 0 fully saturated rings. The van der Waals surface area contributed by atoms with Crippen molar-refractivity contribution in [3.05, 3.63) is 63.6 Å². The van der Waals surface area contributed by atoms with Gasteiger partial charge in [0.15, 0.2) is 0 Å². The van der Waals surface area contributed by atoms with Crippen LogP contribution in [0.3, 0.4) is 0 Å². The van der Waals surface area contributed by atoms with Gasteiger partial charge in [-0.2, -0.15) is 0 Å². The quantitative estimate of drug-likeness (QED) is 0.897. The molecule has 108 valence electrons. The van der Waals surface area contributed by atoms with Gasteiger partial charge in [-0.15, -0.1) is 0 Å². The summed E-state index contributed by atoms with van der Waals surface area (Å²) in [5, 5.41) is 6.40. The number of amides is 1. The van der Waals surface area contributed by atoms with Crippen LogP contribution in [0.2, 0.25) is 0 Å². The van der Waals surface area contributed by atoms with Crippen LogP contribution >= 0.6 is 15.9 Å². The minimum absolute atomic E-state index is 0.0204. The Kier molecular flexibility index (Phi) is 4.36. The first-order chi connectivity index (χ1) is 10.2. The molecule has 4 heteroatoms. The average Bonchev–Trinajstić information content (AvgIpc) is 2.47. The topological polar surface area (TPSA) is 41.1 Å². The molecule has 1 aliphatic rings. The normalized spacial score (nSPS) is 13.6. The van der Waals surface area contributed by atoms with Crippen LogP contribution in [0.4, 0.5) is 5.69 Å². The fraction of sp³-hybridized carbons (Fsp3) is 0.235. The molecule has 0 aromatic heterocycles. The van der Waals surface area contributed by atoms with Crippen LogP contribution in [0.1, 0.15) is 16.7 Å². The highest BCUT2D eigenvalue weighted by atomic mass is 79.9. The fourth-order valence-corrected chi connectivity index (χ4v) is 3.10. The first-order valence-electron chi connectivity index (χ1n) is 7.08. The van der Waals surface area contributed by atoms with Crippen LogP contribution < -0.4 is 10.6 Å². The van der Waals surface area contributed by atoms with Crippen LogP contribution in [0.25, 0.3) is 0 Å². The molecule has 2 aromatic rings. The van der Waals surface area contributed by atoms with E-state index in [1.165, 1.54) is 11.1 Å². The lowest BCUT2D eigenvalue weighted by atomic mass is 9.99. The molecule has 2 aromatic carbocycles. The summed E-state index contributed by atoms with van der Waals surface area (Å²) < 4.78 is 0.995. The van der Waals surface area contributed by atoms with Crippen LogP contribution in [0.15, 0.2) is 46.9 Å². The second-order valence-corrected chi connectivity index (χ2v) is 6.14. The monoisotopic (exact) mass is 344 g/mol. The van der Waals surface area contributed by atoms with Crippen molar-refractivity contribution >= 4 is 27.5 Å². The Bertz CT molecular complexity index is 670. The first-order valence-corrected chi connectivity index (χ1v) is 7.87. The van der Waals surface area contributed by atoms with E-state index in [2.05, 4.69) is 32.6 Å². The Morgan fingerprint density at radius 1 is 1.24 bits per heavy atom. The number of halogens is 1. The zero-order valence-corrected chi connectivity index (χ0v) is 13.2. The van der Waals surface area contributed by atoms with E-state index in [0.717, 1.165) is 35.2 Å². The molecule has 21 heavy (non-hydrogen) atoms. The van der Waals surface area contributed by atoms with Crippen molar-refractivity contribution in [1.29, 1.82) is 0 Å². The number of hydrogen-bond acceptors (Lipinski definition) is 2. The number of fused-ring (bicyclic) bond motifs is 1. The van der Waals surface area contributed by atoms with E-state index < -0.39 is 0 Å². The molecule has 1 amide bonds. The summed E-state index contributed by atoms with van der Waals surface area (Å²) >= 11 is 3.43. The third-order valence-corrected chi connectivity index (χ3v) is 4.17. The van der Waals surface area contributed by atoms with Crippen LogP contribution in [-0.4, -0.2) is 12.5 Å². The van der Waals surface area contributed by atoms with Gasteiger partial charge in [-0.05, 0) is 47.9 Å². The number of carbonyl (C=O) groups is 1. The molecule has 0 aliphatic carbocycles. The SMILES string of the molecule is O=C(Cc1cccc(Br)c1)Nc1cccc2c1CNCC2. The number of carbonyl (C=O) groups excluding carboxylic acids is 1. The summed E-state index contributed by atoms with van der Waals surface area (Å²) in [6.45, 7) is 1.82. The minimum Gasteiger partial charge on any atom is -0.325 e. The zero-order valence-electron chi connectivity index (χ0n) is 11.7. The van der Waals surface area contributed by atoms with E-state index in [1.807, 2.05) is 36.4 Å². The van der Waals surface area contributed by atoms with Gasteiger partial charge >= 0.3 is 0 Å². The minimum atomic E-state index is 0.0204. The molecule has 0 spiro atoms. The van der Waals surface area contributed by atoms with E-state index in [4.69, 9.17) is 0 Å². The standard InChI is InChI=1S/C17H17BrN2O/c18-14-5-1-3-12(9-14)10-17(21)20-16-6-2-4-13-7-8-19-11-15(13)16/h1-6,9,19H,7-8,10-11H2,(H,20,21). The molecular formula is C17H17BrN2O. The lowest BCUT2D eigenvalue weighted by molar-refractivity contribution is -0.115. The lowest BCUT2D eigenvalue weighted by Crippen LogP contribution is -2.25. The molecule has 0 atom stereocenters. The van der Waals surface area contributed by atoms with Crippen molar-refractivity contribution in [2.45, 2.75) is 19.4 Å².